The van der Waals surface area contributed by atoms with E-state index in [1.165, 1.54) is 19.3 Å². The second kappa shape index (κ2) is 6.61. The summed E-state index contributed by atoms with van der Waals surface area (Å²) in [6.45, 7) is 4.42. The average molecular weight is 227 g/mol. The molecule has 0 spiro atoms. The van der Waals surface area contributed by atoms with Crippen LogP contribution in [0.2, 0.25) is 0 Å². The quantitative estimate of drug-likeness (QED) is 0.774. The fourth-order valence-electron chi connectivity index (χ4n) is 2.71. The van der Waals surface area contributed by atoms with Crippen molar-refractivity contribution in [3.63, 3.8) is 0 Å². The third-order valence-electron chi connectivity index (χ3n) is 4.26. The standard InChI is InChI=1S/C14H29NO/c1-3-12(2)11-13(15)14(16)9-7-5-4-6-8-10-14/h12-13,16H,3-11,15H2,1-2H3. The van der Waals surface area contributed by atoms with E-state index < -0.39 is 5.60 Å². The fraction of sp³-hybridized carbons (Fsp3) is 1.00. The van der Waals surface area contributed by atoms with Gasteiger partial charge in [0.15, 0.2) is 0 Å². The Morgan fingerprint density at radius 1 is 1.12 bits per heavy atom. The minimum absolute atomic E-state index is 0.0273. The smallest absolute Gasteiger partial charge is 0.0798 e. The highest BCUT2D eigenvalue weighted by atomic mass is 16.3. The molecule has 96 valence electrons. The minimum Gasteiger partial charge on any atom is -0.388 e. The van der Waals surface area contributed by atoms with Crippen molar-refractivity contribution >= 4 is 0 Å². The molecule has 0 aromatic carbocycles. The summed E-state index contributed by atoms with van der Waals surface area (Å²) in [4.78, 5) is 0. The summed E-state index contributed by atoms with van der Waals surface area (Å²) >= 11 is 0. The van der Waals surface area contributed by atoms with Gasteiger partial charge in [-0.1, -0.05) is 52.4 Å². The van der Waals surface area contributed by atoms with Crippen LogP contribution in [0.4, 0.5) is 0 Å². The SMILES string of the molecule is CCC(C)CC(N)C1(O)CCCCCCC1. The van der Waals surface area contributed by atoms with Crippen LogP contribution in [0, 0.1) is 5.92 Å². The highest BCUT2D eigenvalue weighted by Crippen LogP contribution is 2.31. The van der Waals surface area contributed by atoms with Gasteiger partial charge in [0.25, 0.3) is 0 Å². The second-order valence-electron chi connectivity index (χ2n) is 5.73. The van der Waals surface area contributed by atoms with Crippen molar-refractivity contribution in [3.05, 3.63) is 0 Å². The zero-order chi connectivity index (χ0) is 12.0. The average Bonchev–Trinajstić information content (AvgIpc) is 2.23. The molecule has 0 radical (unpaired) electrons. The molecule has 1 aliphatic carbocycles. The predicted molar refractivity (Wildman–Crippen MR) is 69.3 cm³/mol. The van der Waals surface area contributed by atoms with Crippen LogP contribution in [0.25, 0.3) is 0 Å². The fourth-order valence-corrected chi connectivity index (χ4v) is 2.71. The second-order valence-corrected chi connectivity index (χ2v) is 5.73. The first-order valence-electron chi connectivity index (χ1n) is 7.06. The monoisotopic (exact) mass is 227 g/mol. The number of hydrogen-bond acceptors (Lipinski definition) is 2. The summed E-state index contributed by atoms with van der Waals surface area (Å²) in [5, 5.41) is 10.7. The Hall–Kier alpha value is -0.0800. The van der Waals surface area contributed by atoms with Gasteiger partial charge in [-0.15, -0.1) is 0 Å². The maximum Gasteiger partial charge on any atom is 0.0798 e. The summed E-state index contributed by atoms with van der Waals surface area (Å²) in [7, 11) is 0. The molecule has 1 saturated carbocycles. The Kier molecular flexibility index (Phi) is 5.77. The van der Waals surface area contributed by atoms with E-state index in [0.29, 0.717) is 5.92 Å². The van der Waals surface area contributed by atoms with Crippen molar-refractivity contribution < 1.29 is 5.11 Å². The van der Waals surface area contributed by atoms with Crippen molar-refractivity contribution in [2.45, 2.75) is 83.3 Å². The molecule has 2 heteroatoms. The lowest BCUT2D eigenvalue weighted by molar-refractivity contribution is -0.0161. The Labute approximate surface area is 101 Å². The molecule has 0 aromatic rings. The Bertz CT molecular complexity index is 185. The lowest BCUT2D eigenvalue weighted by Gasteiger charge is -2.36. The first-order chi connectivity index (χ1) is 7.58. The Morgan fingerprint density at radius 3 is 2.12 bits per heavy atom. The maximum absolute atomic E-state index is 10.7. The summed E-state index contributed by atoms with van der Waals surface area (Å²) in [5.74, 6) is 0.629. The van der Waals surface area contributed by atoms with E-state index in [4.69, 9.17) is 5.73 Å². The molecule has 1 aliphatic rings. The largest absolute Gasteiger partial charge is 0.388 e. The number of rotatable bonds is 4. The van der Waals surface area contributed by atoms with Gasteiger partial charge in [0.1, 0.15) is 0 Å². The highest BCUT2D eigenvalue weighted by molar-refractivity contribution is 4.90. The van der Waals surface area contributed by atoms with Crippen LogP contribution in [-0.4, -0.2) is 16.7 Å². The van der Waals surface area contributed by atoms with Crippen molar-refractivity contribution in [3.8, 4) is 0 Å². The molecule has 2 atom stereocenters. The number of hydrogen-bond donors (Lipinski definition) is 2. The van der Waals surface area contributed by atoms with Crippen LogP contribution in [0.3, 0.4) is 0 Å². The third kappa shape index (κ3) is 4.06. The number of nitrogens with two attached hydrogens (primary N) is 1. The third-order valence-corrected chi connectivity index (χ3v) is 4.26. The molecule has 0 heterocycles. The summed E-state index contributed by atoms with van der Waals surface area (Å²) in [5.41, 5.74) is 5.65. The summed E-state index contributed by atoms with van der Waals surface area (Å²) in [6, 6.07) is -0.0273. The topological polar surface area (TPSA) is 46.2 Å². The zero-order valence-corrected chi connectivity index (χ0v) is 11.0. The normalized spacial score (nSPS) is 25.5. The van der Waals surface area contributed by atoms with E-state index in [1.54, 1.807) is 0 Å². The van der Waals surface area contributed by atoms with Crippen molar-refractivity contribution in [2.24, 2.45) is 11.7 Å². The molecular weight excluding hydrogens is 198 g/mol. The van der Waals surface area contributed by atoms with E-state index in [1.807, 2.05) is 0 Å². The van der Waals surface area contributed by atoms with Crippen molar-refractivity contribution in [2.75, 3.05) is 0 Å². The zero-order valence-electron chi connectivity index (χ0n) is 11.0. The van der Waals surface area contributed by atoms with E-state index in [-0.39, 0.29) is 6.04 Å². The Morgan fingerprint density at radius 2 is 1.62 bits per heavy atom. The van der Waals surface area contributed by atoms with Gasteiger partial charge in [-0.05, 0) is 25.2 Å². The van der Waals surface area contributed by atoms with Gasteiger partial charge >= 0.3 is 0 Å². The first kappa shape index (κ1) is 14.0. The van der Waals surface area contributed by atoms with Gasteiger partial charge in [0.2, 0.25) is 0 Å². The molecule has 0 aliphatic heterocycles. The molecule has 3 N–H and O–H groups in total. The van der Waals surface area contributed by atoms with Gasteiger partial charge in [-0.3, -0.25) is 0 Å². The molecule has 1 rings (SSSR count). The Balaban J connectivity index is 2.50. The van der Waals surface area contributed by atoms with Crippen LogP contribution in [0.15, 0.2) is 0 Å². The molecule has 2 nitrogen and oxygen atoms in total. The molecule has 1 fully saturated rings. The van der Waals surface area contributed by atoms with Crippen LogP contribution in [0.1, 0.15) is 71.6 Å². The van der Waals surface area contributed by atoms with Crippen LogP contribution >= 0.6 is 0 Å². The highest BCUT2D eigenvalue weighted by Gasteiger charge is 2.34. The van der Waals surface area contributed by atoms with Crippen molar-refractivity contribution in [1.82, 2.24) is 0 Å². The van der Waals surface area contributed by atoms with Crippen molar-refractivity contribution in [1.29, 1.82) is 0 Å². The number of aliphatic hydroxyl groups is 1. The van der Waals surface area contributed by atoms with Gasteiger partial charge < -0.3 is 10.8 Å². The van der Waals surface area contributed by atoms with Gasteiger partial charge in [0, 0.05) is 6.04 Å². The lowest BCUT2D eigenvalue weighted by atomic mass is 9.78. The summed E-state index contributed by atoms with van der Waals surface area (Å²) in [6.07, 6.45) is 10.1. The van der Waals surface area contributed by atoms with Crippen LogP contribution in [-0.2, 0) is 0 Å². The van der Waals surface area contributed by atoms with E-state index in [9.17, 15) is 5.11 Å². The molecule has 0 saturated heterocycles. The van der Waals surface area contributed by atoms with Crippen LogP contribution in [0.5, 0.6) is 0 Å². The molecule has 0 amide bonds. The molecule has 0 aromatic heterocycles. The predicted octanol–water partition coefficient (Wildman–Crippen LogP) is 3.23. The summed E-state index contributed by atoms with van der Waals surface area (Å²) < 4.78 is 0. The first-order valence-corrected chi connectivity index (χ1v) is 7.06. The van der Waals surface area contributed by atoms with E-state index in [2.05, 4.69) is 13.8 Å². The lowest BCUT2D eigenvalue weighted by Crippen LogP contribution is -2.49. The van der Waals surface area contributed by atoms with Gasteiger partial charge in [0.05, 0.1) is 5.60 Å². The molecular formula is C14H29NO. The maximum atomic E-state index is 10.7. The molecule has 16 heavy (non-hydrogen) atoms. The van der Waals surface area contributed by atoms with Crippen LogP contribution < -0.4 is 5.73 Å². The molecule has 0 bridgehead atoms. The minimum atomic E-state index is -0.580. The van der Waals surface area contributed by atoms with Gasteiger partial charge in [-0.25, -0.2) is 0 Å². The van der Waals surface area contributed by atoms with Gasteiger partial charge in [-0.2, -0.15) is 0 Å². The van der Waals surface area contributed by atoms with E-state index in [0.717, 1.165) is 38.5 Å². The van der Waals surface area contributed by atoms with E-state index >= 15 is 0 Å². The molecule has 2 unspecified atom stereocenters.